The van der Waals surface area contributed by atoms with Gasteiger partial charge in [-0.25, -0.2) is 0 Å². The van der Waals surface area contributed by atoms with E-state index in [4.69, 9.17) is 0 Å². The van der Waals surface area contributed by atoms with E-state index in [0.29, 0.717) is 11.3 Å². The smallest absolute Gasteiger partial charge is 0.317 e. The predicted octanol–water partition coefficient (Wildman–Crippen LogP) is 1.91. The van der Waals surface area contributed by atoms with Crippen LogP contribution in [0.4, 0.5) is 0 Å². The van der Waals surface area contributed by atoms with Crippen molar-refractivity contribution in [3.05, 3.63) is 41.6 Å². The monoisotopic (exact) mass is 228 g/mol. The van der Waals surface area contributed by atoms with Crippen molar-refractivity contribution in [1.82, 2.24) is 9.97 Å². The van der Waals surface area contributed by atoms with Gasteiger partial charge in [-0.05, 0) is 6.92 Å². The molecule has 2 aliphatic rings. The van der Waals surface area contributed by atoms with Crippen LogP contribution < -0.4 is 0 Å². The summed E-state index contributed by atoms with van der Waals surface area (Å²) in [5.74, 6) is 0.0140. The van der Waals surface area contributed by atoms with E-state index in [-0.39, 0.29) is 23.2 Å². The third kappa shape index (κ3) is 1.30. The van der Waals surface area contributed by atoms with Gasteiger partial charge in [0.15, 0.2) is 0 Å². The highest BCUT2D eigenvalue weighted by molar-refractivity contribution is 5.64. The molecule has 4 heteroatoms. The van der Waals surface area contributed by atoms with Crippen LogP contribution in [-0.4, -0.2) is 20.2 Å². The normalized spacial score (nSPS) is 28.9. The Kier molecular flexibility index (Phi) is 1.90. The molecule has 0 aliphatic heterocycles. The maximum absolute atomic E-state index is 9.74. The average molecular weight is 228 g/mol. The number of nitrogens with zero attached hydrogens (tertiary/aromatic N) is 2. The second-order valence-corrected chi connectivity index (χ2v) is 4.52. The van der Waals surface area contributed by atoms with Gasteiger partial charge in [-0.15, -0.1) is 0 Å². The fraction of sp³-hybridized carbons (Fsp3) is 0.231. The fourth-order valence-corrected chi connectivity index (χ4v) is 2.46. The highest BCUT2D eigenvalue weighted by Crippen LogP contribution is 2.44. The SMILES string of the molecule is CC12C=CC=CC1C=Cc1c(O)nc(O)nc12. The Bertz CT molecular complexity index is 575. The number of allylic oxidation sites excluding steroid dienone is 5. The van der Waals surface area contributed by atoms with Crippen LogP contribution in [0.3, 0.4) is 0 Å². The molecule has 0 amide bonds. The molecule has 0 bridgehead atoms. The molecule has 0 saturated carbocycles. The minimum Gasteiger partial charge on any atom is -0.493 e. The Balaban J connectivity index is 2.29. The lowest BCUT2D eigenvalue weighted by Crippen LogP contribution is -2.33. The van der Waals surface area contributed by atoms with Gasteiger partial charge in [-0.3, -0.25) is 0 Å². The van der Waals surface area contributed by atoms with Crippen LogP contribution in [0.5, 0.6) is 11.9 Å². The first-order valence-electron chi connectivity index (χ1n) is 5.46. The molecule has 2 N–H and O–H groups in total. The zero-order valence-electron chi connectivity index (χ0n) is 9.33. The molecule has 1 aromatic heterocycles. The van der Waals surface area contributed by atoms with E-state index in [1.807, 2.05) is 31.2 Å². The summed E-state index contributed by atoms with van der Waals surface area (Å²) < 4.78 is 0. The van der Waals surface area contributed by atoms with Crippen molar-refractivity contribution in [2.24, 2.45) is 5.92 Å². The quantitative estimate of drug-likeness (QED) is 0.712. The second-order valence-electron chi connectivity index (χ2n) is 4.52. The minimum absolute atomic E-state index is 0.175. The Morgan fingerprint density at radius 1 is 1.18 bits per heavy atom. The van der Waals surface area contributed by atoms with Crippen LogP contribution in [0.2, 0.25) is 0 Å². The number of aromatic hydroxyl groups is 2. The highest BCUT2D eigenvalue weighted by Gasteiger charge is 2.38. The van der Waals surface area contributed by atoms with E-state index in [2.05, 4.69) is 16.0 Å². The molecule has 0 aromatic carbocycles. The van der Waals surface area contributed by atoms with Crippen LogP contribution in [-0.2, 0) is 5.41 Å². The van der Waals surface area contributed by atoms with Gasteiger partial charge >= 0.3 is 6.01 Å². The van der Waals surface area contributed by atoms with E-state index in [1.165, 1.54) is 0 Å². The van der Waals surface area contributed by atoms with Gasteiger partial charge in [0.2, 0.25) is 5.88 Å². The topological polar surface area (TPSA) is 66.2 Å². The maximum atomic E-state index is 9.74. The maximum Gasteiger partial charge on any atom is 0.317 e. The lowest BCUT2D eigenvalue weighted by Gasteiger charge is -2.36. The molecule has 17 heavy (non-hydrogen) atoms. The number of fused-ring (bicyclic) bond motifs is 3. The van der Waals surface area contributed by atoms with E-state index in [1.54, 1.807) is 6.08 Å². The minimum atomic E-state index is -0.389. The molecule has 2 unspecified atom stereocenters. The third-order valence-electron chi connectivity index (χ3n) is 3.46. The van der Waals surface area contributed by atoms with Gasteiger partial charge in [0.05, 0.1) is 11.3 Å². The van der Waals surface area contributed by atoms with Crippen LogP contribution in [0.25, 0.3) is 6.08 Å². The molecule has 2 atom stereocenters. The molecule has 1 aromatic rings. The first-order chi connectivity index (χ1) is 8.11. The molecule has 0 fully saturated rings. The highest BCUT2D eigenvalue weighted by atomic mass is 16.3. The zero-order chi connectivity index (χ0) is 12.0. The summed E-state index contributed by atoms with van der Waals surface area (Å²) >= 11 is 0. The van der Waals surface area contributed by atoms with Crippen LogP contribution in [0, 0.1) is 5.92 Å². The molecule has 0 spiro atoms. The predicted molar refractivity (Wildman–Crippen MR) is 63.5 cm³/mol. The lowest BCUT2D eigenvalue weighted by molar-refractivity contribution is 0.379. The third-order valence-corrected chi connectivity index (χ3v) is 3.46. The molecule has 86 valence electrons. The zero-order valence-corrected chi connectivity index (χ0v) is 9.33. The summed E-state index contributed by atoms with van der Waals surface area (Å²) in [7, 11) is 0. The van der Waals surface area contributed by atoms with Crippen molar-refractivity contribution >= 4 is 6.08 Å². The summed E-state index contributed by atoms with van der Waals surface area (Å²) in [4.78, 5) is 7.64. The van der Waals surface area contributed by atoms with Crippen molar-refractivity contribution in [2.75, 3.05) is 0 Å². The second kappa shape index (κ2) is 3.20. The molecule has 4 nitrogen and oxygen atoms in total. The van der Waals surface area contributed by atoms with Gasteiger partial charge in [-0.2, -0.15) is 9.97 Å². The Morgan fingerprint density at radius 3 is 2.82 bits per heavy atom. The first-order valence-corrected chi connectivity index (χ1v) is 5.46. The summed E-state index contributed by atoms with van der Waals surface area (Å²) in [6.45, 7) is 2.03. The number of hydrogen-bond donors (Lipinski definition) is 2. The molecular weight excluding hydrogens is 216 g/mol. The largest absolute Gasteiger partial charge is 0.493 e. The first kappa shape index (κ1) is 10.1. The van der Waals surface area contributed by atoms with Crippen molar-refractivity contribution in [1.29, 1.82) is 0 Å². The standard InChI is InChI=1S/C13H12N2O2/c1-13-7-3-2-4-8(13)5-6-9-10(13)14-12(17)15-11(9)16/h2-8H,1H3,(H2,14,15,16,17). The van der Waals surface area contributed by atoms with Gasteiger partial charge in [-0.1, -0.05) is 36.5 Å². The molecule has 0 radical (unpaired) electrons. The average Bonchev–Trinajstić information content (AvgIpc) is 2.29. The van der Waals surface area contributed by atoms with Gasteiger partial charge < -0.3 is 10.2 Å². The summed E-state index contributed by atoms with van der Waals surface area (Å²) in [6.07, 6.45) is 11.9. The van der Waals surface area contributed by atoms with Crippen molar-refractivity contribution < 1.29 is 10.2 Å². The summed E-state index contributed by atoms with van der Waals surface area (Å²) in [5, 5.41) is 19.2. The Hall–Kier alpha value is -2.10. The van der Waals surface area contributed by atoms with Gasteiger partial charge in [0, 0.05) is 11.3 Å². The van der Waals surface area contributed by atoms with Crippen LogP contribution in [0.15, 0.2) is 30.4 Å². The van der Waals surface area contributed by atoms with Gasteiger partial charge in [0.1, 0.15) is 0 Å². The molecule has 0 saturated heterocycles. The Labute approximate surface area is 98.7 Å². The van der Waals surface area contributed by atoms with E-state index in [0.717, 1.165) is 0 Å². The van der Waals surface area contributed by atoms with E-state index >= 15 is 0 Å². The molecule has 2 aliphatic carbocycles. The van der Waals surface area contributed by atoms with E-state index < -0.39 is 0 Å². The summed E-state index contributed by atoms with van der Waals surface area (Å²) in [6, 6.07) is -0.389. The molecule has 1 heterocycles. The van der Waals surface area contributed by atoms with Crippen molar-refractivity contribution in [2.45, 2.75) is 12.3 Å². The number of rotatable bonds is 0. The van der Waals surface area contributed by atoms with Crippen LogP contribution >= 0.6 is 0 Å². The number of hydrogen-bond acceptors (Lipinski definition) is 4. The molecular formula is C13H12N2O2. The Morgan fingerprint density at radius 2 is 2.00 bits per heavy atom. The number of aromatic nitrogens is 2. The molecule has 3 rings (SSSR count). The van der Waals surface area contributed by atoms with Crippen LogP contribution in [0.1, 0.15) is 18.2 Å². The van der Waals surface area contributed by atoms with Crippen molar-refractivity contribution in [3.8, 4) is 11.9 Å². The van der Waals surface area contributed by atoms with Crippen molar-refractivity contribution in [3.63, 3.8) is 0 Å². The van der Waals surface area contributed by atoms with E-state index in [9.17, 15) is 10.2 Å². The van der Waals surface area contributed by atoms with Gasteiger partial charge in [0.25, 0.3) is 0 Å². The lowest BCUT2D eigenvalue weighted by atomic mass is 9.68. The fourth-order valence-electron chi connectivity index (χ4n) is 2.46. The summed E-state index contributed by atoms with van der Waals surface area (Å²) in [5.41, 5.74) is 0.911.